The van der Waals surface area contributed by atoms with E-state index in [1.54, 1.807) is 12.2 Å². The molecule has 0 saturated carbocycles. The molecule has 0 aromatic carbocycles. The Morgan fingerprint density at radius 1 is 1.67 bits per heavy atom. The van der Waals surface area contributed by atoms with Crippen LogP contribution in [0.1, 0.15) is 12.7 Å². The van der Waals surface area contributed by atoms with E-state index >= 15 is 0 Å². The van der Waals surface area contributed by atoms with E-state index in [2.05, 4.69) is 8.83 Å². The molecule has 1 heterocycles. The molecule has 0 saturated heterocycles. The van der Waals surface area contributed by atoms with Gasteiger partial charge in [0, 0.05) is 0 Å². The number of hydrogen-bond donors (Lipinski definition) is 0. The first-order chi connectivity index (χ1) is 4.33. The van der Waals surface area contributed by atoms with Crippen molar-refractivity contribution in [3.8, 4) is 0 Å². The molecule has 0 aliphatic rings. The van der Waals surface area contributed by atoms with Crippen molar-refractivity contribution in [3.05, 3.63) is 28.7 Å². The summed E-state index contributed by atoms with van der Waals surface area (Å²) in [6.07, 6.45) is 4.67. The van der Waals surface area contributed by atoms with Crippen LogP contribution >= 0.6 is 0 Å². The fourth-order valence-corrected chi connectivity index (χ4v) is 0.488. The molecule has 0 unspecified atom stereocenters. The zero-order valence-electron chi connectivity index (χ0n) is 4.96. The van der Waals surface area contributed by atoms with Crippen LogP contribution in [0.15, 0.2) is 26.0 Å². The number of allylic oxidation sites excluding steroid dienone is 1. The molecule has 0 radical (unpaired) electrons. The second-order valence-corrected chi connectivity index (χ2v) is 1.49. The smallest absolute Gasteiger partial charge is 0.399 e. The van der Waals surface area contributed by atoms with Crippen molar-refractivity contribution in [2.24, 2.45) is 0 Å². The molecule has 0 aliphatic carbocycles. The number of hydrogen-bond acceptors (Lipinski definition) is 3. The van der Waals surface area contributed by atoms with Crippen LogP contribution in [0.2, 0.25) is 0 Å². The molecule has 48 valence electrons. The van der Waals surface area contributed by atoms with Crippen molar-refractivity contribution < 1.29 is 8.83 Å². The molecule has 0 fully saturated rings. The first-order valence-corrected chi connectivity index (χ1v) is 2.54. The SMILES string of the molecule is CC=Cc1coc(=O)o1. The van der Waals surface area contributed by atoms with Gasteiger partial charge in [0.25, 0.3) is 0 Å². The van der Waals surface area contributed by atoms with Crippen LogP contribution in [-0.2, 0) is 0 Å². The highest BCUT2D eigenvalue weighted by atomic mass is 16.6. The summed E-state index contributed by atoms with van der Waals surface area (Å²) in [7, 11) is 0. The lowest BCUT2D eigenvalue weighted by atomic mass is 10.4. The van der Waals surface area contributed by atoms with E-state index in [9.17, 15) is 4.79 Å². The third kappa shape index (κ3) is 1.32. The molecular formula is C6H6O3. The van der Waals surface area contributed by atoms with E-state index in [0.29, 0.717) is 5.76 Å². The highest BCUT2D eigenvalue weighted by molar-refractivity contribution is 5.38. The molecule has 9 heavy (non-hydrogen) atoms. The summed E-state index contributed by atoms with van der Waals surface area (Å²) in [5.41, 5.74) is 0. The molecule has 0 spiro atoms. The number of rotatable bonds is 1. The second kappa shape index (κ2) is 2.35. The molecule has 0 amide bonds. The van der Waals surface area contributed by atoms with Crippen molar-refractivity contribution in [2.45, 2.75) is 6.92 Å². The van der Waals surface area contributed by atoms with Gasteiger partial charge in [0.15, 0.2) is 5.76 Å². The molecule has 1 aromatic rings. The van der Waals surface area contributed by atoms with Crippen molar-refractivity contribution >= 4 is 6.08 Å². The van der Waals surface area contributed by atoms with Crippen LogP contribution < -0.4 is 5.82 Å². The maximum absolute atomic E-state index is 10.2. The van der Waals surface area contributed by atoms with Crippen LogP contribution in [0.3, 0.4) is 0 Å². The third-order valence-electron chi connectivity index (χ3n) is 0.803. The second-order valence-electron chi connectivity index (χ2n) is 1.49. The first-order valence-electron chi connectivity index (χ1n) is 2.54. The monoisotopic (exact) mass is 126 g/mol. The Kier molecular flexibility index (Phi) is 1.53. The highest BCUT2D eigenvalue weighted by Gasteiger charge is 1.92. The molecule has 3 nitrogen and oxygen atoms in total. The summed E-state index contributed by atoms with van der Waals surface area (Å²) in [6.45, 7) is 1.83. The molecule has 0 atom stereocenters. The minimum absolute atomic E-state index is 0.447. The standard InChI is InChI=1S/C6H6O3/c1-2-3-5-4-8-6(7)9-5/h2-4H,1H3. The largest absolute Gasteiger partial charge is 0.519 e. The Morgan fingerprint density at radius 3 is 2.89 bits per heavy atom. The van der Waals surface area contributed by atoms with Crippen molar-refractivity contribution in [1.82, 2.24) is 0 Å². The van der Waals surface area contributed by atoms with Crippen LogP contribution in [0, 0.1) is 0 Å². The third-order valence-corrected chi connectivity index (χ3v) is 0.803. The average Bonchev–Trinajstić information content (AvgIpc) is 2.17. The minimum atomic E-state index is -0.664. The lowest BCUT2D eigenvalue weighted by Crippen LogP contribution is -1.84. The van der Waals surface area contributed by atoms with Crippen molar-refractivity contribution in [3.63, 3.8) is 0 Å². The normalized spacial score (nSPS) is 10.8. The summed E-state index contributed by atoms with van der Waals surface area (Å²) in [4.78, 5) is 10.2. The minimum Gasteiger partial charge on any atom is -0.399 e. The maximum atomic E-state index is 10.2. The van der Waals surface area contributed by atoms with Crippen LogP contribution in [0.4, 0.5) is 0 Å². The molecule has 0 aliphatic heterocycles. The summed E-state index contributed by atoms with van der Waals surface area (Å²) < 4.78 is 8.86. The van der Waals surface area contributed by atoms with Crippen LogP contribution in [0.5, 0.6) is 0 Å². The lowest BCUT2D eigenvalue weighted by Gasteiger charge is -1.71. The summed E-state index contributed by atoms with van der Waals surface area (Å²) in [5.74, 6) is -0.217. The summed E-state index contributed by atoms with van der Waals surface area (Å²) in [5, 5.41) is 0. The zero-order chi connectivity index (χ0) is 6.69. The summed E-state index contributed by atoms with van der Waals surface area (Å²) in [6, 6.07) is 0. The van der Waals surface area contributed by atoms with Crippen LogP contribution in [-0.4, -0.2) is 0 Å². The Hall–Kier alpha value is -1.25. The van der Waals surface area contributed by atoms with E-state index in [4.69, 9.17) is 0 Å². The van der Waals surface area contributed by atoms with Gasteiger partial charge < -0.3 is 8.83 Å². The fraction of sp³-hybridized carbons (Fsp3) is 0.167. The van der Waals surface area contributed by atoms with Gasteiger partial charge in [-0.2, -0.15) is 0 Å². The lowest BCUT2D eigenvalue weighted by molar-refractivity contribution is 0.383. The van der Waals surface area contributed by atoms with Gasteiger partial charge >= 0.3 is 5.82 Å². The predicted molar refractivity (Wildman–Crippen MR) is 32.0 cm³/mol. The quantitative estimate of drug-likeness (QED) is 0.569. The molecule has 0 N–H and O–H groups in total. The van der Waals surface area contributed by atoms with Gasteiger partial charge in [-0.25, -0.2) is 4.79 Å². The zero-order valence-corrected chi connectivity index (χ0v) is 4.96. The van der Waals surface area contributed by atoms with Gasteiger partial charge in [0.05, 0.1) is 0 Å². The molecular weight excluding hydrogens is 120 g/mol. The van der Waals surface area contributed by atoms with Gasteiger partial charge in [-0.1, -0.05) is 6.08 Å². The topological polar surface area (TPSA) is 43.4 Å². The van der Waals surface area contributed by atoms with Crippen LogP contribution in [0.25, 0.3) is 6.08 Å². The Morgan fingerprint density at radius 2 is 2.44 bits per heavy atom. The van der Waals surface area contributed by atoms with Crippen molar-refractivity contribution in [2.75, 3.05) is 0 Å². The average molecular weight is 126 g/mol. The van der Waals surface area contributed by atoms with Gasteiger partial charge in [0.1, 0.15) is 6.26 Å². The van der Waals surface area contributed by atoms with Gasteiger partial charge in [-0.3, -0.25) is 0 Å². The van der Waals surface area contributed by atoms with Gasteiger partial charge in [-0.05, 0) is 13.0 Å². The van der Waals surface area contributed by atoms with E-state index < -0.39 is 5.82 Å². The van der Waals surface area contributed by atoms with Crippen molar-refractivity contribution in [1.29, 1.82) is 0 Å². The van der Waals surface area contributed by atoms with E-state index in [1.807, 2.05) is 6.92 Å². The van der Waals surface area contributed by atoms with E-state index in [-0.39, 0.29) is 0 Å². The van der Waals surface area contributed by atoms with E-state index in [0.717, 1.165) is 0 Å². The fourth-order valence-electron chi connectivity index (χ4n) is 0.488. The van der Waals surface area contributed by atoms with Gasteiger partial charge in [0.2, 0.25) is 0 Å². The first kappa shape index (κ1) is 5.88. The van der Waals surface area contributed by atoms with E-state index in [1.165, 1.54) is 6.26 Å². The van der Waals surface area contributed by atoms with Gasteiger partial charge in [-0.15, -0.1) is 0 Å². The summed E-state index contributed by atoms with van der Waals surface area (Å²) >= 11 is 0. The maximum Gasteiger partial charge on any atom is 0.519 e. The molecule has 1 rings (SSSR count). The molecule has 0 bridgehead atoms. The highest BCUT2D eigenvalue weighted by Crippen LogP contribution is 1.96. The molecule has 1 aromatic heterocycles. The predicted octanol–water partition coefficient (Wildman–Crippen LogP) is 1.27. The Bertz CT molecular complexity index is 253. The Labute approximate surface area is 51.6 Å². The molecule has 3 heteroatoms. The Balaban J connectivity index is 2.98.